The molecule has 0 fully saturated rings. The van der Waals surface area contributed by atoms with Gasteiger partial charge < -0.3 is 0 Å². The Morgan fingerprint density at radius 1 is 1.33 bits per heavy atom. The monoisotopic (exact) mass is 233 g/mol. The van der Waals surface area contributed by atoms with Crippen molar-refractivity contribution in [2.45, 2.75) is 4.34 Å². The molecule has 0 unspecified atom stereocenters. The van der Waals surface area contributed by atoms with Gasteiger partial charge in [-0.25, -0.2) is 4.98 Å². The zero-order valence-corrected chi connectivity index (χ0v) is 9.38. The fourth-order valence-corrected chi connectivity index (χ4v) is 2.34. The Balaban J connectivity index is 2.18. The number of hydrogen-bond donors (Lipinski definition) is 0. The topological polar surface area (TPSA) is 49.6 Å². The standard InChI is InChI=1S/C10H7N3S2/c11-6-7-14-10-12-9(13-15-10)8-4-2-1-3-5-8/h1-5H,7H2. The van der Waals surface area contributed by atoms with Crippen LogP contribution in [-0.4, -0.2) is 15.1 Å². The van der Waals surface area contributed by atoms with Crippen molar-refractivity contribution in [3.8, 4) is 17.5 Å². The van der Waals surface area contributed by atoms with Crippen molar-refractivity contribution in [3.05, 3.63) is 30.3 Å². The molecule has 0 saturated heterocycles. The highest BCUT2D eigenvalue weighted by molar-refractivity contribution is 8.01. The maximum atomic E-state index is 8.44. The highest BCUT2D eigenvalue weighted by Crippen LogP contribution is 2.24. The minimum absolute atomic E-state index is 0.420. The highest BCUT2D eigenvalue weighted by atomic mass is 32.2. The van der Waals surface area contributed by atoms with Crippen molar-refractivity contribution >= 4 is 23.3 Å². The fourth-order valence-electron chi connectivity index (χ4n) is 1.07. The Bertz CT molecular complexity index is 473. The lowest BCUT2D eigenvalue weighted by molar-refractivity contribution is 1.22. The number of rotatable bonds is 3. The summed E-state index contributed by atoms with van der Waals surface area (Å²) in [5.41, 5.74) is 1.01. The second kappa shape index (κ2) is 4.91. The van der Waals surface area contributed by atoms with Gasteiger partial charge in [-0.1, -0.05) is 42.1 Å². The summed E-state index contributed by atoms with van der Waals surface area (Å²) in [7, 11) is 0. The summed E-state index contributed by atoms with van der Waals surface area (Å²) < 4.78 is 5.08. The van der Waals surface area contributed by atoms with Gasteiger partial charge in [0.05, 0.1) is 11.8 Å². The molecule has 0 N–H and O–H groups in total. The fraction of sp³-hybridized carbons (Fsp3) is 0.100. The van der Waals surface area contributed by atoms with E-state index >= 15 is 0 Å². The molecule has 0 aliphatic heterocycles. The lowest BCUT2D eigenvalue weighted by atomic mass is 10.2. The number of aromatic nitrogens is 2. The van der Waals surface area contributed by atoms with Gasteiger partial charge in [0.25, 0.3) is 0 Å². The first-order chi connectivity index (χ1) is 7.40. The van der Waals surface area contributed by atoms with Gasteiger partial charge in [0.1, 0.15) is 0 Å². The lowest BCUT2D eigenvalue weighted by Gasteiger charge is -1.91. The summed E-state index contributed by atoms with van der Waals surface area (Å²) in [6, 6.07) is 11.9. The first kappa shape index (κ1) is 10.1. The van der Waals surface area contributed by atoms with E-state index in [1.807, 2.05) is 30.3 Å². The van der Waals surface area contributed by atoms with Crippen molar-refractivity contribution in [3.63, 3.8) is 0 Å². The van der Waals surface area contributed by atoms with E-state index in [1.165, 1.54) is 23.3 Å². The molecule has 0 aliphatic carbocycles. The number of nitrogens with zero attached hydrogens (tertiary/aromatic N) is 3. The van der Waals surface area contributed by atoms with E-state index in [1.54, 1.807) is 0 Å². The van der Waals surface area contributed by atoms with Crippen molar-refractivity contribution in [1.82, 2.24) is 9.36 Å². The van der Waals surface area contributed by atoms with Gasteiger partial charge in [-0.05, 0) is 11.5 Å². The van der Waals surface area contributed by atoms with Crippen molar-refractivity contribution < 1.29 is 0 Å². The molecule has 0 aliphatic rings. The van der Waals surface area contributed by atoms with Crippen molar-refractivity contribution in [2.24, 2.45) is 0 Å². The van der Waals surface area contributed by atoms with E-state index in [4.69, 9.17) is 5.26 Å². The van der Waals surface area contributed by atoms with Crippen LogP contribution in [0.2, 0.25) is 0 Å². The molecule has 2 rings (SSSR count). The zero-order chi connectivity index (χ0) is 10.5. The van der Waals surface area contributed by atoms with Crippen LogP contribution >= 0.6 is 23.3 Å². The Morgan fingerprint density at radius 2 is 2.13 bits per heavy atom. The number of nitriles is 1. The SMILES string of the molecule is N#CCSc1nc(-c2ccccc2)ns1. The summed E-state index contributed by atoms with van der Waals surface area (Å²) in [5.74, 6) is 1.16. The lowest BCUT2D eigenvalue weighted by Crippen LogP contribution is -1.79. The van der Waals surface area contributed by atoms with E-state index in [0.717, 1.165) is 15.7 Å². The van der Waals surface area contributed by atoms with Crippen molar-refractivity contribution in [2.75, 3.05) is 5.75 Å². The first-order valence-electron chi connectivity index (χ1n) is 4.29. The average Bonchev–Trinajstić information content (AvgIpc) is 2.76. The summed E-state index contributed by atoms with van der Waals surface area (Å²) >= 11 is 2.75. The Labute approximate surface area is 96.0 Å². The van der Waals surface area contributed by atoms with Gasteiger partial charge in [-0.3, -0.25) is 0 Å². The molecular formula is C10H7N3S2. The maximum Gasteiger partial charge on any atom is 0.174 e. The van der Waals surface area contributed by atoms with Crippen LogP contribution < -0.4 is 0 Å². The molecule has 0 bridgehead atoms. The molecule has 5 heteroatoms. The molecular weight excluding hydrogens is 226 g/mol. The summed E-state index contributed by atoms with van der Waals surface area (Å²) in [4.78, 5) is 4.34. The van der Waals surface area contributed by atoms with Gasteiger partial charge in [0.2, 0.25) is 0 Å². The molecule has 0 atom stereocenters. The molecule has 1 aromatic carbocycles. The predicted molar refractivity (Wildman–Crippen MR) is 61.7 cm³/mol. The number of benzene rings is 1. The Kier molecular flexibility index (Phi) is 3.33. The molecule has 1 heterocycles. The van der Waals surface area contributed by atoms with Crippen LogP contribution in [0.15, 0.2) is 34.7 Å². The third-order valence-corrected chi connectivity index (χ3v) is 3.40. The first-order valence-corrected chi connectivity index (χ1v) is 6.05. The van der Waals surface area contributed by atoms with E-state index < -0.39 is 0 Å². The molecule has 15 heavy (non-hydrogen) atoms. The molecule has 0 amide bonds. The van der Waals surface area contributed by atoms with Crippen LogP contribution in [0.5, 0.6) is 0 Å². The predicted octanol–water partition coefficient (Wildman–Crippen LogP) is 2.82. The number of hydrogen-bond acceptors (Lipinski definition) is 5. The van der Waals surface area contributed by atoms with Crippen LogP contribution in [-0.2, 0) is 0 Å². The second-order valence-electron chi connectivity index (χ2n) is 2.70. The maximum absolute atomic E-state index is 8.44. The summed E-state index contributed by atoms with van der Waals surface area (Å²) in [5, 5.41) is 8.44. The normalized spacial score (nSPS) is 9.80. The average molecular weight is 233 g/mol. The Morgan fingerprint density at radius 3 is 2.87 bits per heavy atom. The van der Waals surface area contributed by atoms with Gasteiger partial charge >= 0.3 is 0 Å². The van der Waals surface area contributed by atoms with E-state index in [-0.39, 0.29) is 0 Å². The van der Waals surface area contributed by atoms with Crippen LogP contribution in [0.25, 0.3) is 11.4 Å². The second-order valence-corrected chi connectivity index (χ2v) is 4.67. The van der Waals surface area contributed by atoms with E-state index in [9.17, 15) is 0 Å². The van der Waals surface area contributed by atoms with Gasteiger partial charge in [-0.2, -0.15) is 9.64 Å². The minimum atomic E-state index is 0.420. The molecule has 3 nitrogen and oxygen atoms in total. The van der Waals surface area contributed by atoms with E-state index in [0.29, 0.717) is 5.75 Å². The van der Waals surface area contributed by atoms with Gasteiger partial charge in [0.15, 0.2) is 10.2 Å². The zero-order valence-electron chi connectivity index (χ0n) is 7.75. The van der Waals surface area contributed by atoms with Crippen LogP contribution in [0.4, 0.5) is 0 Å². The number of thioether (sulfide) groups is 1. The molecule has 0 radical (unpaired) electrons. The van der Waals surface area contributed by atoms with Crippen molar-refractivity contribution in [1.29, 1.82) is 5.26 Å². The van der Waals surface area contributed by atoms with E-state index in [2.05, 4.69) is 15.4 Å². The van der Waals surface area contributed by atoms with Crippen LogP contribution in [0, 0.1) is 11.3 Å². The Hall–Kier alpha value is -1.38. The third kappa shape index (κ3) is 2.55. The van der Waals surface area contributed by atoms with Gasteiger partial charge in [0, 0.05) is 5.56 Å². The van der Waals surface area contributed by atoms with Crippen LogP contribution in [0.1, 0.15) is 0 Å². The quantitative estimate of drug-likeness (QED) is 0.765. The molecule has 1 aromatic heterocycles. The van der Waals surface area contributed by atoms with Gasteiger partial charge in [-0.15, -0.1) is 0 Å². The molecule has 0 spiro atoms. The smallest absolute Gasteiger partial charge is 0.174 e. The summed E-state index contributed by atoms with van der Waals surface area (Å²) in [6.45, 7) is 0. The minimum Gasteiger partial charge on any atom is -0.208 e. The largest absolute Gasteiger partial charge is 0.208 e. The molecule has 2 aromatic rings. The van der Waals surface area contributed by atoms with Crippen LogP contribution in [0.3, 0.4) is 0 Å². The molecule has 0 saturated carbocycles. The summed E-state index contributed by atoms with van der Waals surface area (Å²) in [6.07, 6.45) is 0. The highest BCUT2D eigenvalue weighted by Gasteiger charge is 2.05. The molecule has 74 valence electrons. The third-order valence-electron chi connectivity index (χ3n) is 1.70.